The number of phosphoric acid groups is 1. The number of hydrogen-bond acceptors (Lipinski definition) is 5. The van der Waals surface area contributed by atoms with Gasteiger partial charge < -0.3 is 8.94 Å². The molecule has 0 radical (unpaired) electrons. The van der Waals surface area contributed by atoms with Crippen LogP contribution in [0.15, 0.2) is 63.8 Å². The van der Waals surface area contributed by atoms with Gasteiger partial charge in [-0.3, -0.25) is 9.42 Å². The molecule has 1 unspecified atom stereocenters. The molecule has 0 aliphatic heterocycles. The van der Waals surface area contributed by atoms with Gasteiger partial charge in [0.1, 0.15) is 11.3 Å². The molecule has 0 saturated carbocycles. The Labute approximate surface area is 131 Å². The minimum Gasteiger partial charge on any atom is -0.422 e. The number of hydrogen-bond donors (Lipinski definition) is 1. The van der Waals surface area contributed by atoms with Crippen LogP contribution >= 0.6 is 7.82 Å². The highest BCUT2D eigenvalue weighted by Crippen LogP contribution is 2.43. The maximum atomic E-state index is 12.1. The third-order valence-corrected chi connectivity index (χ3v) is 4.15. The van der Waals surface area contributed by atoms with Crippen LogP contribution in [0.25, 0.3) is 22.1 Å². The first-order valence-electron chi connectivity index (χ1n) is 6.70. The van der Waals surface area contributed by atoms with Crippen molar-refractivity contribution in [2.75, 3.05) is 7.11 Å². The molecule has 2 aromatic carbocycles. The average molecular weight is 332 g/mol. The SMILES string of the molecule is COP(=O)(O)Oc1ccc2cc(-c3ccccc3)c(=O)oc2c1. The van der Waals surface area contributed by atoms with Gasteiger partial charge >= 0.3 is 13.4 Å². The molecule has 0 spiro atoms. The summed E-state index contributed by atoms with van der Waals surface area (Å²) in [4.78, 5) is 21.5. The van der Waals surface area contributed by atoms with Gasteiger partial charge in [-0.2, -0.15) is 0 Å². The molecule has 0 aliphatic rings. The van der Waals surface area contributed by atoms with Gasteiger partial charge in [-0.1, -0.05) is 30.3 Å². The van der Waals surface area contributed by atoms with Crippen LogP contribution in [0.2, 0.25) is 0 Å². The molecular weight excluding hydrogens is 319 g/mol. The van der Waals surface area contributed by atoms with Gasteiger partial charge in [0.15, 0.2) is 0 Å². The van der Waals surface area contributed by atoms with Crippen LogP contribution in [0.5, 0.6) is 5.75 Å². The zero-order chi connectivity index (χ0) is 16.4. The molecule has 0 bridgehead atoms. The van der Waals surface area contributed by atoms with Crippen LogP contribution in [0.4, 0.5) is 0 Å². The highest BCUT2D eigenvalue weighted by atomic mass is 31.2. The fraction of sp³-hybridized carbons (Fsp3) is 0.0625. The van der Waals surface area contributed by atoms with Crippen molar-refractivity contribution in [3.05, 3.63) is 65.0 Å². The Hall–Kier alpha value is -2.40. The molecule has 0 amide bonds. The summed E-state index contributed by atoms with van der Waals surface area (Å²) >= 11 is 0. The fourth-order valence-electron chi connectivity index (χ4n) is 2.14. The lowest BCUT2D eigenvalue weighted by atomic mass is 10.1. The first-order chi connectivity index (χ1) is 11.0. The largest absolute Gasteiger partial charge is 0.527 e. The molecule has 1 aromatic heterocycles. The Kier molecular flexibility index (Phi) is 4.05. The lowest BCUT2D eigenvalue weighted by Gasteiger charge is -2.10. The molecule has 7 heteroatoms. The highest BCUT2D eigenvalue weighted by molar-refractivity contribution is 7.47. The van der Waals surface area contributed by atoms with Gasteiger partial charge in [0, 0.05) is 18.6 Å². The lowest BCUT2D eigenvalue weighted by molar-refractivity contribution is 0.243. The van der Waals surface area contributed by atoms with Gasteiger partial charge in [0.25, 0.3) is 0 Å². The highest BCUT2D eigenvalue weighted by Gasteiger charge is 2.20. The van der Waals surface area contributed by atoms with E-state index >= 15 is 0 Å². The third-order valence-electron chi connectivity index (χ3n) is 3.24. The average Bonchev–Trinajstić information content (AvgIpc) is 2.54. The summed E-state index contributed by atoms with van der Waals surface area (Å²) in [6, 6.07) is 15.4. The number of phosphoric ester groups is 1. The summed E-state index contributed by atoms with van der Waals surface area (Å²) in [5.74, 6) is 0.0702. The van der Waals surface area contributed by atoms with Crippen LogP contribution in [0, 0.1) is 0 Å². The van der Waals surface area contributed by atoms with Gasteiger partial charge in [-0.05, 0) is 23.8 Å². The van der Waals surface area contributed by atoms with Crippen LogP contribution in [0.1, 0.15) is 0 Å². The first-order valence-corrected chi connectivity index (χ1v) is 8.19. The zero-order valence-electron chi connectivity index (χ0n) is 12.1. The number of rotatable bonds is 4. The summed E-state index contributed by atoms with van der Waals surface area (Å²) in [6.45, 7) is 0. The lowest BCUT2D eigenvalue weighted by Crippen LogP contribution is -2.02. The summed E-state index contributed by atoms with van der Waals surface area (Å²) in [7, 11) is -3.10. The predicted molar refractivity (Wildman–Crippen MR) is 85.4 cm³/mol. The Morgan fingerprint density at radius 1 is 1.09 bits per heavy atom. The normalized spacial score (nSPS) is 13.7. The minimum atomic E-state index is -4.16. The molecular formula is C16H13O6P. The molecule has 3 rings (SSSR count). The summed E-state index contributed by atoms with van der Waals surface area (Å²) < 4.78 is 25.9. The van der Waals surface area contributed by atoms with E-state index in [2.05, 4.69) is 4.52 Å². The summed E-state index contributed by atoms with van der Waals surface area (Å²) in [6.07, 6.45) is 0. The monoisotopic (exact) mass is 332 g/mol. The van der Waals surface area contributed by atoms with E-state index in [-0.39, 0.29) is 11.3 Å². The Bertz CT molecular complexity index is 948. The molecule has 0 fully saturated rings. The van der Waals surface area contributed by atoms with Crippen LogP contribution < -0.4 is 10.1 Å². The van der Waals surface area contributed by atoms with Crippen molar-refractivity contribution in [2.24, 2.45) is 0 Å². The van der Waals surface area contributed by atoms with Gasteiger partial charge in [0.05, 0.1) is 5.56 Å². The Morgan fingerprint density at radius 2 is 1.83 bits per heavy atom. The topological polar surface area (TPSA) is 86.0 Å². The second-order valence-corrected chi connectivity index (χ2v) is 6.24. The van der Waals surface area contributed by atoms with E-state index in [0.717, 1.165) is 12.7 Å². The van der Waals surface area contributed by atoms with Crippen LogP contribution in [-0.2, 0) is 9.09 Å². The van der Waals surface area contributed by atoms with Crippen molar-refractivity contribution in [1.29, 1.82) is 0 Å². The molecule has 3 aromatic rings. The van der Waals surface area contributed by atoms with Crippen LogP contribution in [0.3, 0.4) is 0 Å². The standard InChI is InChI=1S/C16H13O6P/c1-20-23(18,19)22-13-8-7-12-9-14(11-5-3-2-4-6-11)16(17)21-15(12)10-13/h2-10H,1H3,(H,18,19). The van der Waals surface area contributed by atoms with E-state index < -0.39 is 13.4 Å². The van der Waals surface area contributed by atoms with E-state index in [1.165, 1.54) is 12.1 Å². The molecule has 23 heavy (non-hydrogen) atoms. The fourth-order valence-corrected chi connectivity index (χ4v) is 2.59. The van der Waals surface area contributed by atoms with Crippen molar-refractivity contribution in [1.82, 2.24) is 0 Å². The van der Waals surface area contributed by atoms with Gasteiger partial charge in [0.2, 0.25) is 0 Å². The van der Waals surface area contributed by atoms with Crippen molar-refractivity contribution in [2.45, 2.75) is 0 Å². The van der Waals surface area contributed by atoms with E-state index in [9.17, 15) is 14.3 Å². The van der Waals surface area contributed by atoms with E-state index in [1.54, 1.807) is 12.1 Å². The maximum Gasteiger partial charge on any atom is 0.527 e. The van der Waals surface area contributed by atoms with Crippen molar-refractivity contribution in [3.63, 3.8) is 0 Å². The molecule has 6 nitrogen and oxygen atoms in total. The quantitative estimate of drug-likeness (QED) is 0.580. The Morgan fingerprint density at radius 3 is 2.52 bits per heavy atom. The summed E-state index contributed by atoms with van der Waals surface area (Å²) in [5, 5.41) is 0.668. The van der Waals surface area contributed by atoms with Gasteiger partial charge in [-0.15, -0.1) is 0 Å². The molecule has 118 valence electrons. The maximum absolute atomic E-state index is 12.1. The van der Waals surface area contributed by atoms with Crippen molar-refractivity contribution < 1.29 is 22.9 Å². The first kappa shape index (κ1) is 15.5. The molecule has 1 atom stereocenters. The number of benzene rings is 2. The molecule has 1 heterocycles. The van der Waals surface area contributed by atoms with Crippen LogP contribution in [-0.4, -0.2) is 12.0 Å². The minimum absolute atomic E-state index is 0.0702. The molecule has 1 N–H and O–H groups in total. The molecule has 0 aliphatic carbocycles. The summed E-state index contributed by atoms with van der Waals surface area (Å²) in [5.41, 5.74) is 0.947. The smallest absolute Gasteiger partial charge is 0.422 e. The second-order valence-electron chi connectivity index (χ2n) is 4.76. The van der Waals surface area contributed by atoms with E-state index in [0.29, 0.717) is 10.9 Å². The van der Waals surface area contributed by atoms with Crippen molar-refractivity contribution >= 4 is 18.8 Å². The number of fused-ring (bicyclic) bond motifs is 1. The van der Waals surface area contributed by atoms with Crippen molar-refractivity contribution in [3.8, 4) is 16.9 Å². The second kappa shape index (κ2) is 6.01. The zero-order valence-corrected chi connectivity index (χ0v) is 13.0. The van der Waals surface area contributed by atoms with Gasteiger partial charge in [-0.25, -0.2) is 9.36 Å². The molecule has 0 saturated heterocycles. The third kappa shape index (κ3) is 3.35. The predicted octanol–water partition coefficient (Wildman–Crippen LogP) is 3.59. The Balaban J connectivity index is 2.06. The van der Waals surface area contributed by atoms with E-state index in [1.807, 2.05) is 30.3 Å². The van der Waals surface area contributed by atoms with E-state index in [4.69, 9.17) is 8.94 Å².